The van der Waals surface area contributed by atoms with E-state index in [2.05, 4.69) is 15.6 Å². The summed E-state index contributed by atoms with van der Waals surface area (Å²) < 4.78 is 13.1. The molecular formula is C28H22N4O4. The maximum absolute atomic E-state index is 12.5. The molecule has 0 saturated carbocycles. The van der Waals surface area contributed by atoms with Gasteiger partial charge in [0, 0.05) is 5.56 Å². The van der Waals surface area contributed by atoms with Crippen LogP contribution in [0, 0.1) is 6.92 Å². The zero-order valence-corrected chi connectivity index (χ0v) is 19.4. The number of nitrogens with one attached hydrogen (secondary N) is 1. The van der Waals surface area contributed by atoms with Crippen molar-refractivity contribution in [2.24, 2.45) is 5.10 Å². The van der Waals surface area contributed by atoms with Gasteiger partial charge in [0.2, 0.25) is 5.43 Å². The smallest absolute Gasteiger partial charge is 0.277 e. The van der Waals surface area contributed by atoms with Gasteiger partial charge < -0.3 is 9.15 Å². The van der Waals surface area contributed by atoms with Crippen molar-refractivity contribution in [1.29, 1.82) is 0 Å². The van der Waals surface area contributed by atoms with Crippen molar-refractivity contribution < 1.29 is 13.9 Å². The number of benzene rings is 3. The molecule has 0 fully saturated rings. The summed E-state index contributed by atoms with van der Waals surface area (Å²) in [6.07, 6.45) is 4.29. The summed E-state index contributed by atoms with van der Waals surface area (Å²) in [6.45, 7) is 1.72. The molecule has 36 heavy (non-hydrogen) atoms. The van der Waals surface area contributed by atoms with Crippen molar-refractivity contribution in [3.63, 3.8) is 0 Å². The Kier molecular flexibility index (Phi) is 6.40. The molecule has 8 nitrogen and oxygen atoms in total. The first-order valence-corrected chi connectivity index (χ1v) is 11.3. The van der Waals surface area contributed by atoms with E-state index in [-0.39, 0.29) is 17.6 Å². The molecule has 0 aliphatic heterocycles. The lowest BCUT2D eigenvalue weighted by atomic mass is 10.1. The maximum Gasteiger partial charge on any atom is 0.277 e. The predicted molar refractivity (Wildman–Crippen MR) is 137 cm³/mol. The van der Waals surface area contributed by atoms with Crippen LogP contribution < -0.4 is 15.6 Å². The molecule has 8 heteroatoms. The number of hydrogen-bond donors (Lipinski definition) is 1. The molecule has 5 aromatic rings. The molecule has 0 aliphatic rings. The van der Waals surface area contributed by atoms with E-state index in [9.17, 15) is 9.59 Å². The van der Waals surface area contributed by atoms with E-state index in [1.165, 1.54) is 12.5 Å². The highest BCUT2D eigenvalue weighted by Crippen LogP contribution is 2.32. The summed E-state index contributed by atoms with van der Waals surface area (Å²) >= 11 is 0. The van der Waals surface area contributed by atoms with E-state index in [0.29, 0.717) is 16.7 Å². The van der Waals surface area contributed by atoms with Crippen molar-refractivity contribution in [1.82, 2.24) is 15.2 Å². The van der Waals surface area contributed by atoms with Crippen molar-refractivity contribution in [3.05, 3.63) is 113 Å². The molecule has 0 aliphatic carbocycles. The first-order valence-electron chi connectivity index (χ1n) is 11.3. The summed E-state index contributed by atoms with van der Waals surface area (Å²) in [6, 6.07) is 24.3. The normalized spacial score (nSPS) is 11.1. The Hall–Kier alpha value is -4.98. The SMILES string of the molecule is Cc1ccc(OCC(=O)N/N=C/c2coc3ccccc3c2=O)c(-c2ccnn2-c2ccccc2)c1. The molecule has 2 aromatic heterocycles. The Labute approximate surface area is 206 Å². The number of fused-ring (bicyclic) bond motifs is 1. The van der Waals surface area contributed by atoms with Crippen molar-refractivity contribution in [2.45, 2.75) is 6.92 Å². The molecule has 2 heterocycles. The average molecular weight is 479 g/mol. The molecule has 0 radical (unpaired) electrons. The van der Waals surface area contributed by atoms with Crippen molar-refractivity contribution in [2.75, 3.05) is 6.61 Å². The second-order valence-electron chi connectivity index (χ2n) is 8.06. The minimum Gasteiger partial charge on any atom is -0.483 e. The average Bonchev–Trinajstić information content (AvgIpc) is 3.40. The predicted octanol–water partition coefficient (Wildman–Crippen LogP) is 4.48. The van der Waals surface area contributed by atoms with Crippen LogP contribution >= 0.6 is 0 Å². The van der Waals surface area contributed by atoms with Crippen LogP contribution in [-0.2, 0) is 4.79 Å². The number of nitrogens with zero attached hydrogens (tertiary/aromatic N) is 3. The zero-order chi connectivity index (χ0) is 24.9. The first-order chi connectivity index (χ1) is 17.6. The second kappa shape index (κ2) is 10.1. The van der Waals surface area contributed by atoms with Crippen LogP contribution in [0.1, 0.15) is 11.1 Å². The molecule has 0 spiro atoms. The number of hydrazone groups is 1. The van der Waals surface area contributed by atoms with Crippen LogP contribution in [0.25, 0.3) is 27.9 Å². The highest BCUT2D eigenvalue weighted by molar-refractivity contribution is 5.87. The maximum atomic E-state index is 12.5. The van der Waals surface area contributed by atoms with Crippen LogP contribution in [0.15, 0.2) is 106 Å². The lowest BCUT2D eigenvalue weighted by Gasteiger charge is -2.14. The number of ether oxygens (including phenoxy) is 1. The number of amides is 1. The molecule has 0 bridgehead atoms. The van der Waals surface area contributed by atoms with E-state index in [0.717, 1.165) is 22.5 Å². The zero-order valence-electron chi connectivity index (χ0n) is 19.4. The van der Waals surface area contributed by atoms with Crippen LogP contribution in [0.3, 0.4) is 0 Å². The van der Waals surface area contributed by atoms with Gasteiger partial charge in [0.15, 0.2) is 6.61 Å². The third kappa shape index (κ3) is 4.78. The second-order valence-corrected chi connectivity index (χ2v) is 8.06. The van der Waals surface area contributed by atoms with Crippen LogP contribution in [0.2, 0.25) is 0 Å². The number of carbonyl (C=O) groups is 1. The van der Waals surface area contributed by atoms with E-state index in [1.807, 2.05) is 66.2 Å². The summed E-state index contributed by atoms with van der Waals surface area (Å²) in [4.78, 5) is 24.9. The van der Waals surface area contributed by atoms with E-state index >= 15 is 0 Å². The summed E-state index contributed by atoms with van der Waals surface area (Å²) in [5.74, 6) is 0.0621. The Morgan fingerprint density at radius 2 is 1.89 bits per heavy atom. The highest BCUT2D eigenvalue weighted by atomic mass is 16.5. The number of aryl methyl sites for hydroxylation is 1. The summed E-state index contributed by atoms with van der Waals surface area (Å²) in [7, 11) is 0. The van der Waals surface area contributed by atoms with Crippen molar-refractivity contribution in [3.8, 4) is 22.7 Å². The molecule has 5 rings (SSSR count). The molecule has 0 unspecified atom stereocenters. The quantitative estimate of drug-likeness (QED) is 0.275. The Morgan fingerprint density at radius 1 is 1.08 bits per heavy atom. The third-order valence-electron chi connectivity index (χ3n) is 5.51. The van der Waals surface area contributed by atoms with Gasteiger partial charge in [-0.2, -0.15) is 10.2 Å². The van der Waals surface area contributed by atoms with Gasteiger partial charge in [-0.3, -0.25) is 9.59 Å². The summed E-state index contributed by atoms with van der Waals surface area (Å²) in [5.41, 5.74) is 6.47. The van der Waals surface area contributed by atoms with Crippen LogP contribution in [0.4, 0.5) is 0 Å². The van der Waals surface area contributed by atoms with Gasteiger partial charge in [-0.25, -0.2) is 10.1 Å². The highest BCUT2D eigenvalue weighted by Gasteiger charge is 2.14. The van der Waals surface area contributed by atoms with Gasteiger partial charge in [-0.15, -0.1) is 0 Å². The lowest BCUT2D eigenvalue weighted by molar-refractivity contribution is -0.123. The fraction of sp³-hybridized carbons (Fsp3) is 0.0714. The molecule has 0 atom stereocenters. The van der Waals surface area contributed by atoms with Crippen molar-refractivity contribution >= 4 is 23.1 Å². The van der Waals surface area contributed by atoms with Gasteiger partial charge >= 0.3 is 0 Å². The Balaban J connectivity index is 1.29. The number of hydrogen-bond acceptors (Lipinski definition) is 6. The standard InChI is InChI=1S/C28H22N4O4/c1-19-11-12-26(23(15-19)24-13-14-30-32(24)21-7-3-2-4-8-21)36-18-27(33)31-29-16-20-17-35-25-10-6-5-9-22(25)28(20)34/h2-17H,18H2,1H3,(H,31,33)/b29-16+. The third-order valence-corrected chi connectivity index (χ3v) is 5.51. The molecule has 0 saturated heterocycles. The monoisotopic (exact) mass is 478 g/mol. The number of aromatic nitrogens is 2. The van der Waals surface area contributed by atoms with Gasteiger partial charge in [0.25, 0.3) is 5.91 Å². The molecule has 1 N–H and O–H groups in total. The minimum atomic E-state index is -0.473. The summed E-state index contributed by atoms with van der Waals surface area (Å²) in [5, 5.41) is 8.78. The van der Waals surface area contributed by atoms with E-state index in [4.69, 9.17) is 9.15 Å². The molecular weight excluding hydrogens is 456 g/mol. The number of carbonyl (C=O) groups excluding carboxylic acids is 1. The minimum absolute atomic E-state index is 0.227. The van der Waals surface area contributed by atoms with E-state index < -0.39 is 5.91 Å². The number of rotatable bonds is 7. The largest absolute Gasteiger partial charge is 0.483 e. The molecule has 1 amide bonds. The fourth-order valence-electron chi connectivity index (χ4n) is 3.78. The first kappa shape index (κ1) is 22.8. The van der Waals surface area contributed by atoms with Gasteiger partial charge in [-0.1, -0.05) is 42.0 Å². The molecule has 178 valence electrons. The van der Waals surface area contributed by atoms with Crippen LogP contribution in [-0.4, -0.2) is 28.5 Å². The van der Waals surface area contributed by atoms with Gasteiger partial charge in [0.05, 0.1) is 34.7 Å². The fourth-order valence-corrected chi connectivity index (χ4v) is 3.78. The lowest BCUT2D eigenvalue weighted by Crippen LogP contribution is -2.25. The van der Waals surface area contributed by atoms with E-state index in [1.54, 1.807) is 30.5 Å². The Morgan fingerprint density at radius 3 is 2.75 bits per heavy atom. The van der Waals surface area contributed by atoms with Gasteiger partial charge in [0.1, 0.15) is 17.6 Å². The van der Waals surface area contributed by atoms with Crippen LogP contribution in [0.5, 0.6) is 5.75 Å². The Bertz CT molecular complexity index is 1620. The van der Waals surface area contributed by atoms with Gasteiger partial charge in [-0.05, 0) is 49.4 Å². The topological polar surface area (TPSA) is 98.7 Å². The number of para-hydroxylation sites is 2. The molecule has 3 aromatic carbocycles.